The van der Waals surface area contributed by atoms with E-state index in [1.54, 1.807) is 6.20 Å². The zero-order valence-corrected chi connectivity index (χ0v) is 21.1. The number of rotatable bonds is 4. The number of aromatic nitrogens is 3. The number of imidazole rings is 1. The van der Waals surface area contributed by atoms with Crippen LogP contribution in [0.25, 0.3) is 11.0 Å². The molecule has 0 aliphatic carbocycles. The van der Waals surface area contributed by atoms with Crippen LogP contribution in [0.1, 0.15) is 43.5 Å². The van der Waals surface area contributed by atoms with Gasteiger partial charge in [-0.25, -0.2) is 10.1 Å². The molecule has 2 unspecified atom stereocenters. The molecule has 0 spiro atoms. The molecule has 0 bridgehead atoms. The SMILES string of the molecule is CC1=NOC(C)C1c1ccc2nc(N3CCCN(S(N)(=O)=O)CC3)n3c2c1OC[C@@H]3c1ccccn1. The molecule has 3 aromatic rings. The minimum atomic E-state index is -3.74. The third-order valence-corrected chi connectivity index (χ3v) is 8.34. The fourth-order valence-electron chi connectivity index (χ4n) is 5.55. The number of anilines is 1. The Hall–Kier alpha value is -3.22. The van der Waals surface area contributed by atoms with E-state index >= 15 is 0 Å². The Bertz CT molecular complexity index is 1440. The predicted octanol–water partition coefficient (Wildman–Crippen LogP) is 2.01. The number of benzene rings is 1. The average molecular weight is 512 g/mol. The smallest absolute Gasteiger partial charge is 0.276 e. The summed E-state index contributed by atoms with van der Waals surface area (Å²) in [6.45, 7) is 6.21. The van der Waals surface area contributed by atoms with Gasteiger partial charge in [0.1, 0.15) is 30.0 Å². The summed E-state index contributed by atoms with van der Waals surface area (Å²) in [5.74, 6) is 1.56. The Labute approximate surface area is 209 Å². The van der Waals surface area contributed by atoms with Crippen molar-refractivity contribution in [3.05, 3.63) is 47.8 Å². The van der Waals surface area contributed by atoms with Gasteiger partial charge in [-0.05, 0) is 38.5 Å². The zero-order chi connectivity index (χ0) is 25.0. The van der Waals surface area contributed by atoms with Crippen molar-refractivity contribution >= 4 is 32.9 Å². The summed E-state index contributed by atoms with van der Waals surface area (Å²) < 4.78 is 33.9. The molecule has 2 aromatic heterocycles. The Morgan fingerprint density at radius 1 is 1.11 bits per heavy atom. The zero-order valence-electron chi connectivity index (χ0n) is 20.2. The normalized spacial score (nSPS) is 24.8. The van der Waals surface area contributed by atoms with Gasteiger partial charge in [-0.1, -0.05) is 17.3 Å². The topological polar surface area (TPSA) is 128 Å². The second-order valence-electron chi connectivity index (χ2n) is 9.52. The molecule has 0 radical (unpaired) electrons. The molecule has 1 saturated heterocycles. The molecular formula is C24H29N7O4S. The Morgan fingerprint density at radius 3 is 2.69 bits per heavy atom. The number of hydrogen-bond acceptors (Lipinski definition) is 8. The maximum absolute atomic E-state index is 12.0. The highest BCUT2D eigenvalue weighted by molar-refractivity contribution is 7.86. The molecule has 36 heavy (non-hydrogen) atoms. The van der Waals surface area contributed by atoms with Crippen LogP contribution in [-0.4, -0.2) is 71.9 Å². The van der Waals surface area contributed by atoms with E-state index in [4.69, 9.17) is 19.7 Å². The van der Waals surface area contributed by atoms with Crippen molar-refractivity contribution in [3.63, 3.8) is 0 Å². The van der Waals surface area contributed by atoms with Gasteiger partial charge in [0.25, 0.3) is 10.2 Å². The van der Waals surface area contributed by atoms with Gasteiger partial charge < -0.3 is 14.5 Å². The van der Waals surface area contributed by atoms with Crippen LogP contribution in [0.3, 0.4) is 0 Å². The number of nitrogens with two attached hydrogens (primary N) is 1. The van der Waals surface area contributed by atoms with Crippen molar-refractivity contribution in [1.82, 2.24) is 18.8 Å². The van der Waals surface area contributed by atoms with E-state index in [0.29, 0.717) is 39.2 Å². The van der Waals surface area contributed by atoms with Crippen molar-refractivity contribution in [2.75, 3.05) is 37.7 Å². The van der Waals surface area contributed by atoms with Crippen LogP contribution < -0.4 is 14.8 Å². The molecule has 0 saturated carbocycles. The molecule has 12 heteroatoms. The molecule has 6 rings (SSSR count). The summed E-state index contributed by atoms with van der Waals surface area (Å²) >= 11 is 0. The fourth-order valence-corrected chi connectivity index (χ4v) is 6.27. The van der Waals surface area contributed by atoms with E-state index in [0.717, 1.165) is 39.7 Å². The molecule has 5 heterocycles. The molecule has 1 aromatic carbocycles. The van der Waals surface area contributed by atoms with Crippen LogP contribution in [0.4, 0.5) is 5.95 Å². The fraction of sp³-hybridized carbons (Fsp3) is 0.458. The monoisotopic (exact) mass is 511 g/mol. The van der Waals surface area contributed by atoms with E-state index in [1.807, 2.05) is 38.1 Å². The second-order valence-corrected chi connectivity index (χ2v) is 11.1. The maximum Gasteiger partial charge on any atom is 0.276 e. The van der Waals surface area contributed by atoms with Gasteiger partial charge in [-0.3, -0.25) is 9.55 Å². The molecule has 1 fully saturated rings. The summed E-state index contributed by atoms with van der Waals surface area (Å²) in [4.78, 5) is 17.4. The summed E-state index contributed by atoms with van der Waals surface area (Å²) in [7, 11) is -3.74. The predicted molar refractivity (Wildman–Crippen MR) is 136 cm³/mol. The second kappa shape index (κ2) is 8.71. The molecule has 2 N–H and O–H groups in total. The lowest BCUT2D eigenvalue weighted by Gasteiger charge is -2.31. The van der Waals surface area contributed by atoms with Gasteiger partial charge in [-0.2, -0.15) is 12.7 Å². The lowest BCUT2D eigenvalue weighted by atomic mass is 9.89. The number of oxime groups is 1. The van der Waals surface area contributed by atoms with Crippen LogP contribution in [0.2, 0.25) is 0 Å². The first-order chi connectivity index (χ1) is 17.3. The molecule has 3 aliphatic heterocycles. The standard InChI is InChI=1S/C24H29N7O4S/c1-15-21(16(2)35-28-15)17-7-8-19-22-23(17)34-14-20(18-6-3-4-9-26-18)31(22)24(27-19)29-10-5-11-30(13-12-29)36(25,32)33/h3-4,6-9,16,20-21H,5,10-14H2,1-2H3,(H2,25,32,33)/t16?,20-,21?/m1/s1. The number of pyridine rings is 1. The Morgan fingerprint density at radius 2 is 1.97 bits per heavy atom. The third-order valence-electron chi connectivity index (χ3n) is 7.26. The number of ether oxygens (including phenoxy) is 1. The van der Waals surface area contributed by atoms with Gasteiger partial charge in [0.05, 0.1) is 22.8 Å². The van der Waals surface area contributed by atoms with Crippen molar-refractivity contribution in [2.45, 2.75) is 38.3 Å². The molecular weight excluding hydrogens is 482 g/mol. The van der Waals surface area contributed by atoms with Crippen molar-refractivity contribution in [3.8, 4) is 5.75 Å². The molecule has 0 amide bonds. The van der Waals surface area contributed by atoms with Crippen molar-refractivity contribution < 1.29 is 18.0 Å². The van der Waals surface area contributed by atoms with Crippen molar-refractivity contribution in [1.29, 1.82) is 0 Å². The van der Waals surface area contributed by atoms with E-state index in [1.165, 1.54) is 4.31 Å². The highest BCUT2D eigenvalue weighted by Crippen LogP contribution is 2.45. The summed E-state index contributed by atoms with van der Waals surface area (Å²) in [6, 6.07) is 9.75. The average Bonchev–Trinajstić information content (AvgIpc) is 3.29. The Balaban J connectivity index is 1.50. The minimum Gasteiger partial charge on any atom is -0.488 e. The highest BCUT2D eigenvalue weighted by atomic mass is 32.2. The third kappa shape index (κ3) is 3.80. The Kier molecular flexibility index (Phi) is 5.61. The van der Waals surface area contributed by atoms with Crippen LogP contribution in [0, 0.1) is 0 Å². The molecule has 190 valence electrons. The summed E-state index contributed by atoms with van der Waals surface area (Å²) in [5, 5.41) is 9.63. The van der Waals surface area contributed by atoms with Crippen LogP contribution in [-0.2, 0) is 15.0 Å². The van der Waals surface area contributed by atoms with Gasteiger partial charge in [0, 0.05) is 37.9 Å². The van der Waals surface area contributed by atoms with Gasteiger partial charge in [-0.15, -0.1) is 0 Å². The highest BCUT2D eigenvalue weighted by Gasteiger charge is 2.38. The van der Waals surface area contributed by atoms with E-state index in [2.05, 4.69) is 25.7 Å². The summed E-state index contributed by atoms with van der Waals surface area (Å²) in [5.41, 5.74) is 4.54. The maximum atomic E-state index is 12.0. The van der Waals surface area contributed by atoms with Gasteiger partial charge in [0.15, 0.2) is 0 Å². The van der Waals surface area contributed by atoms with E-state index in [-0.39, 0.29) is 18.1 Å². The quantitative estimate of drug-likeness (QED) is 0.567. The lowest BCUT2D eigenvalue weighted by molar-refractivity contribution is 0.0897. The molecule has 3 atom stereocenters. The summed E-state index contributed by atoms with van der Waals surface area (Å²) in [6.07, 6.45) is 2.33. The van der Waals surface area contributed by atoms with Crippen LogP contribution in [0.15, 0.2) is 41.7 Å². The first kappa shape index (κ1) is 23.2. The van der Waals surface area contributed by atoms with Crippen molar-refractivity contribution in [2.24, 2.45) is 10.3 Å². The first-order valence-electron chi connectivity index (χ1n) is 12.1. The first-order valence-corrected chi connectivity index (χ1v) is 13.6. The van der Waals surface area contributed by atoms with E-state index < -0.39 is 10.2 Å². The minimum absolute atomic E-state index is 0.0101. The number of nitrogens with zero attached hydrogens (tertiary/aromatic N) is 6. The van der Waals surface area contributed by atoms with Crippen LogP contribution >= 0.6 is 0 Å². The van der Waals surface area contributed by atoms with Crippen LogP contribution in [0.5, 0.6) is 5.75 Å². The number of hydrogen-bond donors (Lipinski definition) is 1. The lowest BCUT2D eigenvalue weighted by Crippen LogP contribution is -2.40. The molecule has 11 nitrogen and oxygen atoms in total. The van der Waals surface area contributed by atoms with Gasteiger partial charge >= 0.3 is 0 Å². The van der Waals surface area contributed by atoms with E-state index in [9.17, 15) is 8.42 Å². The van der Waals surface area contributed by atoms with Gasteiger partial charge in [0.2, 0.25) is 5.95 Å². The molecule has 3 aliphatic rings. The largest absolute Gasteiger partial charge is 0.488 e.